The van der Waals surface area contributed by atoms with Crippen LogP contribution in [0.1, 0.15) is 11.1 Å². The van der Waals surface area contributed by atoms with Crippen LogP contribution in [0.25, 0.3) is 10.9 Å². The van der Waals surface area contributed by atoms with Gasteiger partial charge in [0, 0.05) is 43.0 Å². The number of ether oxygens (including phenoxy) is 1. The van der Waals surface area contributed by atoms with Crippen molar-refractivity contribution in [2.75, 3.05) is 25.2 Å². The fraction of sp³-hybridized carbons (Fsp3) is 0.211. The maximum Gasteiger partial charge on any atom is 0.130 e. The standard InChI is InChI=1S/C19H17ClN4O/c1-25-8-7-24(13-14-3-2-6-22-12-14)19-9-15(11-21)17-10-16(20)4-5-18(17)23-19/h2-6,9-10,12H,7-8,13H2,1H3. The molecule has 0 saturated carbocycles. The van der Waals surface area contributed by atoms with Crippen molar-refractivity contribution in [2.45, 2.75) is 6.54 Å². The number of hydrogen-bond donors (Lipinski definition) is 0. The van der Waals surface area contributed by atoms with Crippen molar-refractivity contribution in [2.24, 2.45) is 0 Å². The van der Waals surface area contributed by atoms with Crippen LogP contribution in [-0.4, -0.2) is 30.2 Å². The number of halogens is 1. The molecule has 0 spiro atoms. The van der Waals surface area contributed by atoms with E-state index in [0.29, 0.717) is 30.3 Å². The van der Waals surface area contributed by atoms with E-state index in [1.54, 1.807) is 31.5 Å². The van der Waals surface area contributed by atoms with Gasteiger partial charge in [-0.15, -0.1) is 0 Å². The summed E-state index contributed by atoms with van der Waals surface area (Å²) in [7, 11) is 1.67. The highest BCUT2D eigenvalue weighted by Gasteiger charge is 2.13. The van der Waals surface area contributed by atoms with Gasteiger partial charge in [-0.1, -0.05) is 17.7 Å². The number of methoxy groups -OCH3 is 1. The minimum atomic E-state index is 0.552. The molecule has 6 heteroatoms. The molecule has 0 saturated heterocycles. The van der Waals surface area contributed by atoms with Crippen molar-refractivity contribution in [3.8, 4) is 6.07 Å². The predicted octanol–water partition coefficient (Wildman–Crippen LogP) is 3.81. The second kappa shape index (κ2) is 7.93. The first-order chi connectivity index (χ1) is 12.2. The Kier molecular flexibility index (Phi) is 5.44. The molecule has 0 radical (unpaired) electrons. The first-order valence-corrected chi connectivity index (χ1v) is 8.22. The number of hydrogen-bond acceptors (Lipinski definition) is 5. The Morgan fingerprint density at radius 1 is 1.28 bits per heavy atom. The van der Waals surface area contributed by atoms with Crippen LogP contribution in [-0.2, 0) is 11.3 Å². The van der Waals surface area contributed by atoms with Crippen molar-refractivity contribution in [3.63, 3.8) is 0 Å². The molecule has 3 aromatic rings. The van der Waals surface area contributed by atoms with Crippen molar-refractivity contribution < 1.29 is 4.74 Å². The molecule has 1 aromatic carbocycles. The summed E-state index contributed by atoms with van der Waals surface area (Å²) >= 11 is 6.05. The third kappa shape index (κ3) is 4.05. The van der Waals surface area contributed by atoms with Gasteiger partial charge >= 0.3 is 0 Å². The van der Waals surface area contributed by atoms with Gasteiger partial charge in [0.25, 0.3) is 0 Å². The lowest BCUT2D eigenvalue weighted by molar-refractivity contribution is 0.205. The molecule has 25 heavy (non-hydrogen) atoms. The number of nitriles is 1. The monoisotopic (exact) mass is 352 g/mol. The number of rotatable bonds is 6. The second-order valence-corrected chi connectivity index (χ2v) is 6.01. The Balaban J connectivity index is 2.02. The van der Waals surface area contributed by atoms with Gasteiger partial charge in [-0.2, -0.15) is 5.26 Å². The molecule has 0 N–H and O–H groups in total. The van der Waals surface area contributed by atoms with Crippen molar-refractivity contribution in [3.05, 3.63) is 64.9 Å². The lowest BCUT2D eigenvalue weighted by atomic mass is 10.1. The van der Waals surface area contributed by atoms with Gasteiger partial charge in [0.2, 0.25) is 0 Å². The number of aromatic nitrogens is 2. The molecule has 0 aliphatic rings. The van der Waals surface area contributed by atoms with Gasteiger partial charge < -0.3 is 9.64 Å². The molecule has 0 fully saturated rings. The summed E-state index contributed by atoms with van der Waals surface area (Å²) < 4.78 is 5.22. The molecule has 0 bridgehead atoms. The van der Waals surface area contributed by atoms with Crippen LogP contribution in [0.2, 0.25) is 5.02 Å². The second-order valence-electron chi connectivity index (χ2n) is 5.58. The minimum absolute atomic E-state index is 0.552. The summed E-state index contributed by atoms with van der Waals surface area (Å²) in [4.78, 5) is 11.0. The molecule has 0 amide bonds. The van der Waals surface area contributed by atoms with Crippen molar-refractivity contribution in [1.82, 2.24) is 9.97 Å². The Morgan fingerprint density at radius 2 is 2.16 bits per heavy atom. The maximum absolute atomic E-state index is 9.52. The van der Waals surface area contributed by atoms with Crippen LogP contribution in [0.3, 0.4) is 0 Å². The topological polar surface area (TPSA) is 62.0 Å². The quantitative estimate of drug-likeness (QED) is 0.675. The van der Waals surface area contributed by atoms with Gasteiger partial charge in [-0.25, -0.2) is 4.98 Å². The van der Waals surface area contributed by atoms with E-state index < -0.39 is 0 Å². The van der Waals surface area contributed by atoms with Crippen molar-refractivity contribution in [1.29, 1.82) is 5.26 Å². The third-order valence-corrected chi connectivity index (χ3v) is 4.10. The largest absolute Gasteiger partial charge is 0.383 e. The SMILES string of the molecule is COCCN(Cc1cccnc1)c1cc(C#N)c2cc(Cl)ccc2n1. The van der Waals surface area contributed by atoms with Gasteiger partial charge in [-0.05, 0) is 35.9 Å². The van der Waals surface area contributed by atoms with Gasteiger partial charge in [-0.3, -0.25) is 4.98 Å². The first-order valence-electron chi connectivity index (χ1n) is 7.84. The van der Waals surface area contributed by atoms with Gasteiger partial charge in [0.05, 0.1) is 23.8 Å². The number of anilines is 1. The van der Waals surface area contributed by atoms with E-state index in [-0.39, 0.29) is 0 Å². The predicted molar refractivity (Wildman–Crippen MR) is 98.6 cm³/mol. The first kappa shape index (κ1) is 17.2. The molecule has 0 unspecified atom stereocenters. The van der Waals surface area contributed by atoms with Gasteiger partial charge in [0.1, 0.15) is 5.82 Å². The summed E-state index contributed by atoms with van der Waals surface area (Å²) in [5.74, 6) is 0.729. The van der Waals surface area contributed by atoms with E-state index >= 15 is 0 Å². The Hall–Kier alpha value is -2.68. The highest BCUT2D eigenvalue weighted by atomic mass is 35.5. The molecule has 126 valence electrons. The molecule has 2 heterocycles. The van der Waals surface area contributed by atoms with Crippen LogP contribution in [0.5, 0.6) is 0 Å². The van der Waals surface area contributed by atoms with Crippen LogP contribution in [0, 0.1) is 11.3 Å². The number of benzene rings is 1. The average Bonchev–Trinajstić information content (AvgIpc) is 2.65. The molecule has 0 aliphatic carbocycles. The smallest absolute Gasteiger partial charge is 0.130 e. The third-order valence-electron chi connectivity index (χ3n) is 3.86. The van der Waals surface area contributed by atoms with E-state index in [2.05, 4.69) is 16.0 Å². The van der Waals surface area contributed by atoms with Crippen LogP contribution >= 0.6 is 11.6 Å². The molecule has 2 aromatic heterocycles. The number of fused-ring (bicyclic) bond motifs is 1. The summed E-state index contributed by atoms with van der Waals surface area (Å²) in [6.07, 6.45) is 3.57. The number of pyridine rings is 2. The summed E-state index contributed by atoms with van der Waals surface area (Å²) in [5, 5.41) is 10.9. The average molecular weight is 353 g/mol. The van der Waals surface area contributed by atoms with E-state index in [1.165, 1.54) is 0 Å². The Labute approximate surface area is 151 Å². The van der Waals surface area contributed by atoms with E-state index in [0.717, 1.165) is 22.3 Å². The molecule has 5 nitrogen and oxygen atoms in total. The number of nitrogens with zero attached hydrogens (tertiary/aromatic N) is 4. The Morgan fingerprint density at radius 3 is 2.88 bits per heavy atom. The van der Waals surface area contributed by atoms with Crippen LogP contribution in [0.15, 0.2) is 48.8 Å². The maximum atomic E-state index is 9.52. The highest BCUT2D eigenvalue weighted by Crippen LogP contribution is 2.26. The summed E-state index contributed by atoms with van der Waals surface area (Å²) in [5.41, 5.74) is 2.36. The molecule has 0 atom stereocenters. The van der Waals surface area contributed by atoms with Crippen LogP contribution < -0.4 is 4.90 Å². The zero-order chi connectivity index (χ0) is 17.6. The zero-order valence-electron chi connectivity index (χ0n) is 13.8. The normalized spacial score (nSPS) is 10.6. The molecule has 3 rings (SSSR count). The molecule has 0 aliphatic heterocycles. The lowest BCUT2D eigenvalue weighted by Gasteiger charge is -2.24. The van der Waals surface area contributed by atoms with Crippen LogP contribution in [0.4, 0.5) is 5.82 Å². The summed E-state index contributed by atoms with van der Waals surface area (Å²) in [6, 6.07) is 13.3. The molecular weight excluding hydrogens is 336 g/mol. The van der Waals surface area contributed by atoms with Crippen molar-refractivity contribution >= 4 is 28.3 Å². The summed E-state index contributed by atoms with van der Waals surface area (Å²) in [6.45, 7) is 1.85. The Bertz CT molecular complexity index is 908. The van der Waals surface area contributed by atoms with E-state index in [1.807, 2.05) is 24.4 Å². The van der Waals surface area contributed by atoms with E-state index in [9.17, 15) is 5.26 Å². The zero-order valence-corrected chi connectivity index (χ0v) is 14.6. The molecular formula is C19H17ClN4O. The minimum Gasteiger partial charge on any atom is -0.383 e. The van der Waals surface area contributed by atoms with Gasteiger partial charge in [0.15, 0.2) is 0 Å². The fourth-order valence-electron chi connectivity index (χ4n) is 2.63. The lowest BCUT2D eigenvalue weighted by Crippen LogP contribution is -2.27. The fourth-order valence-corrected chi connectivity index (χ4v) is 2.80. The highest BCUT2D eigenvalue weighted by molar-refractivity contribution is 6.31. The van der Waals surface area contributed by atoms with E-state index in [4.69, 9.17) is 21.3 Å².